The van der Waals surface area contributed by atoms with Crippen LogP contribution in [0, 0.1) is 0 Å². The quantitative estimate of drug-likeness (QED) is 0.630. The SMILES string of the molecule is O=CC(=Cc1cccnc1)c1ccc(C(F)(F)F)cc1. The van der Waals surface area contributed by atoms with Crippen LogP contribution in [0.4, 0.5) is 13.2 Å². The molecule has 0 amide bonds. The van der Waals surface area contributed by atoms with E-state index < -0.39 is 11.7 Å². The van der Waals surface area contributed by atoms with Gasteiger partial charge in [0.15, 0.2) is 6.29 Å². The highest BCUT2D eigenvalue weighted by molar-refractivity contribution is 6.13. The first kappa shape index (κ1) is 14.0. The zero-order valence-corrected chi connectivity index (χ0v) is 10.3. The summed E-state index contributed by atoms with van der Waals surface area (Å²) in [4.78, 5) is 15.0. The van der Waals surface area contributed by atoms with Crippen LogP contribution in [0.15, 0.2) is 48.8 Å². The average molecular weight is 277 g/mol. The van der Waals surface area contributed by atoms with Crippen molar-refractivity contribution in [3.05, 3.63) is 65.5 Å². The molecule has 2 rings (SSSR count). The zero-order valence-electron chi connectivity index (χ0n) is 10.3. The fourth-order valence-electron chi connectivity index (χ4n) is 1.68. The summed E-state index contributed by atoms with van der Waals surface area (Å²) in [6.07, 6.45) is 0.953. The van der Waals surface area contributed by atoms with Gasteiger partial charge in [-0.2, -0.15) is 13.2 Å². The normalized spacial score (nSPS) is 12.2. The number of aromatic nitrogens is 1. The van der Waals surface area contributed by atoms with Crippen LogP contribution in [0.5, 0.6) is 0 Å². The highest BCUT2D eigenvalue weighted by Gasteiger charge is 2.29. The number of benzene rings is 1. The molecule has 102 valence electrons. The van der Waals surface area contributed by atoms with Crippen LogP contribution < -0.4 is 0 Å². The maximum absolute atomic E-state index is 12.5. The standard InChI is InChI=1S/C15H10F3NO/c16-15(17,18)14-5-3-12(4-6-14)13(10-20)8-11-2-1-7-19-9-11/h1-10H. The number of hydrogen-bond donors (Lipinski definition) is 0. The van der Waals surface area contributed by atoms with Gasteiger partial charge in [0.2, 0.25) is 0 Å². The van der Waals surface area contributed by atoms with Gasteiger partial charge in [0, 0.05) is 18.0 Å². The topological polar surface area (TPSA) is 30.0 Å². The molecular formula is C15H10F3NO. The molecule has 0 saturated heterocycles. The number of halogens is 3. The number of rotatable bonds is 3. The van der Waals surface area contributed by atoms with Crippen LogP contribution in [-0.2, 0) is 11.0 Å². The van der Waals surface area contributed by atoms with Crippen LogP contribution in [0.25, 0.3) is 11.6 Å². The minimum absolute atomic E-state index is 0.298. The molecule has 0 atom stereocenters. The van der Waals surface area contributed by atoms with Gasteiger partial charge in [-0.3, -0.25) is 9.78 Å². The van der Waals surface area contributed by atoms with Gasteiger partial charge in [-0.25, -0.2) is 0 Å². The molecule has 0 bridgehead atoms. The van der Waals surface area contributed by atoms with Crippen molar-refractivity contribution < 1.29 is 18.0 Å². The van der Waals surface area contributed by atoms with Crippen molar-refractivity contribution in [3.8, 4) is 0 Å². The Morgan fingerprint density at radius 1 is 1.10 bits per heavy atom. The van der Waals surface area contributed by atoms with E-state index in [-0.39, 0.29) is 0 Å². The van der Waals surface area contributed by atoms with Gasteiger partial charge < -0.3 is 0 Å². The minimum atomic E-state index is -4.38. The van der Waals surface area contributed by atoms with Crippen LogP contribution in [0.2, 0.25) is 0 Å². The fraction of sp³-hybridized carbons (Fsp3) is 0.0667. The largest absolute Gasteiger partial charge is 0.416 e. The smallest absolute Gasteiger partial charge is 0.298 e. The molecule has 1 heterocycles. The number of allylic oxidation sites excluding steroid dienone is 1. The molecule has 0 fully saturated rings. The van der Waals surface area contributed by atoms with Crippen molar-refractivity contribution in [3.63, 3.8) is 0 Å². The number of alkyl halides is 3. The Kier molecular flexibility index (Phi) is 3.98. The van der Waals surface area contributed by atoms with Gasteiger partial charge in [-0.1, -0.05) is 18.2 Å². The van der Waals surface area contributed by atoms with E-state index in [2.05, 4.69) is 4.98 Å². The van der Waals surface area contributed by atoms with Crippen molar-refractivity contribution in [2.24, 2.45) is 0 Å². The van der Waals surface area contributed by atoms with E-state index in [4.69, 9.17) is 0 Å². The molecular weight excluding hydrogens is 267 g/mol. The van der Waals surface area contributed by atoms with Gasteiger partial charge in [0.25, 0.3) is 0 Å². The molecule has 0 aliphatic rings. The molecule has 0 N–H and O–H groups in total. The van der Waals surface area contributed by atoms with Crippen LogP contribution in [0.1, 0.15) is 16.7 Å². The third kappa shape index (κ3) is 3.32. The predicted molar refractivity (Wildman–Crippen MR) is 69.6 cm³/mol. The first-order valence-corrected chi connectivity index (χ1v) is 5.75. The number of hydrogen-bond acceptors (Lipinski definition) is 2. The molecule has 20 heavy (non-hydrogen) atoms. The van der Waals surface area contributed by atoms with Gasteiger partial charge in [-0.15, -0.1) is 0 Å². The van der Waals surface area contributed by atoms with Gasteiger partial charge in [0.1, 0.15) is 0 Å². The Balaban J connectivity index is 2.34. The summed E-state index contributed by atoms with van der Waals surface area (Å²) < 4.78 is 37.4. The third-order valence-corrected chi connectivity index (χ3v) is 2.68. The second kappa shape index (κ2) is 5.69. The Bertz CT molecular complexity index is 616. The van der Waals surface area contributed by atoms with Crippen molar-refractivity contribution in [2.45, 2.75) is 6.18 Å². The maximum atomic E-state index is 12.5. The molecule has 2 nitrogen and oxygen atoms in total. The van der Waals surface area contributed by atoms with Gasteiger partial charge in [0.05, 0.1) is 5.56 Å². The van der Waals surface area contributed by atoms with Crippen molar-refractivity contribution >= 4 is 17.9 Å². The average Bonchev–Trinajstić information content (AvgIpc) is 2.45. The van der Waals surface area contributed by atoms with E-state index >= 15 is 0 Å². The number of carbonyl (C=O) groups is 1. The molecule has 0 radical (unpaired) electrons. The monoisotopic (exact) mass is 277 g/mol. The number of pyridine rings is 1. The van der Waals surface area contributed by atoms with Crippen molar-refractivity contribution in [2.75, 3.05) is 0 Å². The predicted octanol–water partition coefficient (Wildman–Crippen LogP) is 3.84. The van der Waals surface area contributed by atoms with E-state index in [1.165, 1.54) is 12.1 Å². The van der Waals surface area contributed by atoms with Gasteiger partial charge >= 0.3 is 6.18 Å². The zero-order chi connectivity index (χ0) is 14.6. The second-order valence-corrected chi connectivity index (χ2v) is 4.08. The minimum Gasteiger partial charge on any atom is -0.298 e. The first-order valence-electron chi connectivity index (χ1n) is 5.75. The molecule has 0 aliphatic carbocycles. The van der Waals surface area contributed by atoms with Crippen molar-refractivity contribution in [1.29, 1.82) is 0 Å². The molecule has 2 aromatic rings. The number of nitrogens with zero attached hydrogens (tertiary/aromatic N) is 1. The molecule has 1 aromatic heterocycles. The van der Waals surface area contributed by atoms with Crippen LogP contribution >= 0.6 is 0 Å². The molecule has 0 aliphatic heterocycles. The van der Waals surface area contributed by atoms with E-state index in [0.717, 1.165) is 12.1 Å². The third-order valence-electron chi connectivity index (χ3n) is 2.68. The van der Waals surface area contributed by atoms with E-state index in [1.807, 2.05) is 0 Å². The Morgan fingerprint density at radius 2 is 1.80 bits per heavy atom. The highest BCUT2D eigenvalue weighted by atomic mass is 19.4. The summed E-state index contributed by atoms with van der Waals surface area (Å²) in [7, 11) is 0. The summed E-state index contributed by atoms with van der Waals surface area (Å²) in [5, 5.41) is 0. The Hall–Kier alpha value is -2.43. The summed E-state index contributed by atoms with van der Waals surface area (Å²) in [5.41, 5.74) is 0.686. The number of carbonyl (C=O) groups excluding carboxylic acids is 1. The second-order valence-electron chi connectivity index (χ2n) is 4.08. The van der Waals surface area contributed by atoms with E-state index in [9.17, 15) is 18.0 Å². The molecule has 0 spiro atoms. The Labute approximate surface area is 113 Å². The van der Waals surface area contributed by atoms with E-state index in [1.54, 1.807) is 30.6 Å². The maximum Gasteiger partial charge on any atom is 0.416 e. The molecule has 1 aromatic carbocycles. The molecule has 0 unspecified atom stereocenters. The molecule has 0 saturated carbocycles. The van der Waals surface area contributed by atoms with E-state index in [0.29, 0.717) is 23.0 Å². The number of aldehydes is 1. The summed E-state index contributed by atoms with van der Waals surface area (Å²) in [6.45, 7) is 0. The summed E-state index contributed by atoms with van der Waals surface area (Å²) >= 11 is 0. The van der Waals surface area contributed by atoms with Crippen LogP contribution in [-0.4, -0.2) is 11.3 Å². The lowest BCUT2D eigenvalue weighted by molar-refractivity contribution is -0.137. The van der Waals surface area contributed by atoms with Gasteiger partial charge in [-0.05, 0) is 35.4 Å². The summed E-state index contributed by atoms with van der Waals surface area (Å²) in [6, 6.07) is 7.92. The lowest BCUT2D eigenvalue weighted by Gasteiger charge is -2.07. The first-order chi connectivity index (χ1) is 9.50. The molecule has 5 heteroatoms. The lowest BCUT2D eigenvalue weighted by atomic mass is 10.0. The van der Waals surface area contributed by atoms with Crippen LogP contribution in [0.3, 0.4) is 0 Å². The fourth-order valence-corrected chi connectivity index (χ4v) is 1.68. The summed E-state index contributed by atoms with van der Waals surface area (Å²) in [5.74, 6) is 0. The lowest BCUT2D eigenvalue weighted by Crippen LogP contribution is -2.04. The highest BCUT2D eigenvalue weighted by Crippen LogP contribution is 2.30. The Morgan fingerprint density at radius 3 is 2.30 bits per heavy atom. The van der Waals surface area contributed by atoms with Crippen molar-refractivity contribution in [1.82, 2.24) is 4.98 Å².